The first-order valence-corrected chi connectivity index (χ1v) is 6.84. The van der Waals surface area contributed by atoms with Crippen LogP contribution in [0.1, 0.15) is 25.8 Å². The van der Waals surface area contributed by atoms with Crippen molar-refractivity contribution >= 4 is 23.3 Å². The van der Waals surface area contributed by atoms with E-state index in [1.54, 1.807) is 6.08 Å². The minimum absolute atomic E-state index is 0.0803. The third-order valence-electron chi connectivity index (χ3n) is 2.43. The van der Waals surface area contributed by atoms with Gasteiger partial charge in [0.2, 0.25) is 0 Å². The van der Waals surface area contributed by atoms with Crippen molar-refractivity contribution in [2.24, 2.45) is 5.73 Å². The molecule has 0 radical (unpaired) electrons. The molecule has 0 atom stereocenters. The maximum atomic E-state index is 8.96. The fourth-order valence-electron chi connectivity index (χ4n) is 1.54. The van der Waals surface area contributed by atoms with Gasteiger partial charge in [-0.05, 0) is 37.1 Å². The number of nitrogens with zero attached hydrogens (tertiary/aromatic N) is 1. The lowest BCUT2D eigenvalue weighted by atomic mass is 10.1. The molecule has 0 spiro atoms. The third-order valence-corrected chi connectivity index (χ3v) is 2.65. The highest BCUT2D eigenvalue weighted by Gasteiger charge is 2.07. The number of benzene rings is 1. The summed E-state index contributed by atoms with van der Waals surface area (Å²) in [5.74, 6) is 1.34. The molecule has 0 saturated heterocycles. The Morgan fingerprint density at radius 3 is 2.65 bits per heavy atom. The van der Waals surface area contributed by atoms with Crippen LogP contribution in [0.15, 0.2) is 23.8 Å². The topological polar surface area (TPSA) is 68.3 Å². The number of nitrogens with two attached hydrogens (primary N) is 1. The Labute approximate surface area is 124 Å². The number of thiocarbonyl (C=S) groups is 1. The van der Waals surface area contributed by atoms with Crippen molar-refractivity contribution in [1.82, 2.24) is 0 Å². The van der Waals surface area contributed by atoms with E-state index in [0.717, 1.165) is 12.0 Å². The molecular weight excluding hydrogens is 272 g/mol. The summed E-state index contributed by atoms with van der Waals surface area (Å²) in [6.45, 7) is 5.11. The third kappa shape index (κ3) is 4.56. The molecule has 1 aromatic rings. The molecule has 106 valence electrons. The molecule has 2 N–H and O–H groups in total. The summed E-state index contributed by atoms with van der Waals surface area (Å²) in [7, 11) is 0. The van der Waals surface area contributed by atoms with Crippen LogP contribution in [0, 0.1) is 11.3 Å². The van der Waals surface area contributed by atoms with E-state index in [9.17, 15) is 0 Å². The van der Waals surface area contributed by atoms with Gasteiger partial charge in [0.05, 0.1) is 18.8 Å². The van der Waals surface area contributed by atoms with Gasteiger partial charge in [0.15, 0.2) is 11.5 Å². The highest BCUT2D eigenvalue weighted by atomic mass is 32.1. The fraction of sp³-hybridized carbons (Fsp3) is 0.333. The van der Waals surface area contributed by atoms with Crippen LogP contribution >= 0.6 is 12.2 Å². The van der Waals surface area contributed by atoms with E-state index >= 15 is 0 Å². The Hall–Kier alpha value is -2.06. The SMILES string of the molecule is CCCOc1ccc(/C=C(/C#N)C(N)=S)cc1OCC. The van der Waals surface area contributed by atoms with Crippen LogP contribution in [0.4, 0.5) is 0 Å². The molecule has 0 amide bonds. The number of ether oxygens (including phenoxy) is 2. The van der Waals surface area contributed by atoms with E-state index in [0.29, 0.717) is 24.7 Å². The maximum absolute atomic E-state index is 8.96. The Balaban J connectivity index is 3.09. The molecule has 0 heterocycles. The summed E-state index contributed by atoms with van der Waals surface area (Å²) in [6, 6.07) is 7.44. The van der Waals surface area contributed by atoms with Gasteiger partial charge >= 0.3 is 0 Å². The van der Waals surface area contributed by atoms with Gasteiger partial charge in [-0.3, -0.25) is 0 Å². The first-order valence-electron chi connectivity index (χ1n) is 6.43. The molecule has 0 unspecified atom stereocenters. The summed E-state index contributed by atoms with van der Waals surface area (Å²) < 4.78 is 11.2. The Morgan fingerprint density at radius 1 is 1.35 bits per heavy atom. The van der Waals surface area contributed by atoms with Gasteiger partial charge in [0.1, 0.15) is 11.1 Å². The lowest BCUT2D eigenvalue weighted by Crippen LogP contribution is -2.09. The minimum atomic E-state index is 0.0803. The van der Waals surface area contributed by atoms with Crippen LogP contribution in [-0.2, 0) is 0 Å². The average molecular weight is 290 g/mol. The average Bonchev–Trinajstić information content (AvgIpc) is 2.43. The van der Waals surface area contributed by atoms with E-state index in [1.807, 2.05) is 38.1 Å². The molecule has 0 aliphatic heterocycles. The predicted molar refractivity (Wildman–Crippen MR) is 83.8 cm³/mol. The summed E-state index contributed by atoms with van der Waals surface area (Å²) in [6.07, 6.45) is 2.56. The van der Waals surface area contributed by atoms with Gasteiger partial charge in [0, 0.05) is 0 Å². The van der Waals surface area contributed by atoms with E-state index in [4.69, 9.17) is 32.7 Å². The second-order valence-electron chi connectivity index (χ2n) is 4.02. The van der Waals surface area contributed by atoms with Gasteiger partial charge in [-0.2, -0.15) is 5.26 Å². The molecule has 1 aromatic carbocycles. The molecule has 0 aromatic heterocycles. The number of nitriles is 1. The molecule has 0 aliphatic rings. The van der Waals surface area contributed by atoms with Gasteiger partial charge in [-0.15, -0.1) is 0 Å². The molecule has 0 saturated carbocycles. The number of hydrogen-bond acceptors (Lipinski definition) is 4. The second-order valence-corrected chi connectivity index (χ2v) is 4.46. The van der Waals surface area contributed by atoms with Crippen molar-refractivity contribution in [3.63, 3.8) is 0 Å². The highest BCUT2D eigenvalue weighted by molar-refractivity contribution is 7.80. The van der Waals surface area contributed by atoms with Gasteiger partial charge in [-0.25, -0.2) is 0 Å². The molecule has 20 heavy (non-hydrogen) atoms. The molecule has 5 heteroatoms. The summed E-state index contributed by atoms with van der Waals surface area (Å²) >= 11 is 4.81. The molecule has 0 aliphatic carbocycles. The van der Waals surface area contributed by atoms with Crippen LogP contribution in [0.3, 0.4) is 0 Å². The smallest absolute Gasteiger partial charge is 0.161 e. The van der Waals surface area contributed by atoms with Crippen molar-refractivity contribution in [2.75, 3.05) is 13.2 Å². The Kier molecular flexibility index (Phi) is 6.54. The number of rotatable bonds is 7. The summed E-state index contributed by atoms with van der Waals surface area (Å²) in [5, 5.41) is 8.96. The fourth-order valence-corrected chi connectivity index (χ4v) is 1.64. The molecule has 4 nitrogen and oxygen atoms in total. The van der Waals surface area contributed by atoms with Crippen LogP contribution < -0.4 is 15.2 Å². The zero-order valence-corrected chi connectivity index (χ0v) is 12.5. The van der Waals surface area contributed by atoms with E-state index in [1.165, 1.54) is 0 Å². The van der Waals surface area contributed by atoms with E-state index < -0.39 is 0 Å². The van der Waals surface area contributed by atoms with Crippen molar-refractivity contribution in [3.05, 3.63) is 29.3 Å². The van der Waals surface area contributed by atoms with Crippen molar-refractivity contribution in [2.45, 2.75) is 20.3 Å². The molecule has 0 fully saturated rings. The normalized spacial score (nSPS) is 10.8. The van der Waals surface area contributed by atoms with E-state index in [2.05, 4.69) is 0 Å². The summed E-state index contributed by atoms with van der Waals surface area (Å²) in [4.78, 5) is 0.0803. The van der Waals surface area contributed by atoms with Crippen LogP contribution in [0.2, 0.25) is 0 Å². The van der Waals surface area contributed by atoms with Crippen molar-refractivity contribution < 1.29 is 9.47 Å². The monoisotopic (exact) mass is 290 g/mol. The predicted octanol–water partition coefficient (Wildman–Crippen LogP) is 3.07. The number of hydrogen-bond donors (Lipinski definition) is 1. The minimum Gasteiger partial charge on any atom is -0.490 e. The van der Waals surface area contributed by atoms with Crippen molar-refractivity contribution in [3.8, 4) is 17.6 Å². The lowest BCUT2D eigenvalue weighted by molar-refractivity contribution is 0.277. The second kappa shape index (κ2) is 8.18. The van der Waals surface area contributed by atoms with Crippen LogP contribution in [0.25, 0.3) is 6.08 Å². The van der Waals surface area contributed by atoms with Crippen LogP contribution in [0.5, 0.6) is 11.5 Å². The van der Waals surface area contributed by atoms with Gasteiger partial charge < -0.3 is 15.2 Å². The zero-order valence-electron chi connectivity index (χ0n) is 11.7. The first kappa shape index (κ1) is 16.0. The molecule has 0 bridgehead atoms. The zero-order chi connectivity index (χ0) is 15.0. The molecule has 1 rings (SSSR count). The quantitative estimate of drug-likeness (QED) is 0.475. The standard InChI is InChI=1S/C15H18N2O2S/c1-3-7-19-13-6-5-11(9-14(13)18-4-2)8-12(10-16)15(17)20/h5-6,8-9H,3-4,7H2,1-2H3,(H2,17,20)/b12-8-. The molecular formula is C15H18N2O2S. The largest absolute Gasteiger partial charge is 0.490 e. The Morgan fingerprint density at radius 2 is 2.10 bits per heavy atom. The first-order chi connectivity index (χ1) is 9.62. The van der Waals surface area contributed by atoms with Gasteiger partial charge in [-0.1, -0.05) is 25.2 Å². The van der Waals surface area contributed by atoms with Crippen LogP contribution in [-0.4, -0.2) is 18.2 Å². The lowest BCUT2D eigenvalue weighted by Gasteiger charge is -2.12. The van der Waals surface area contributed by atoms with Crippen molar-refractivity contribution in [1.29, 1.82) is 5.26 Å². The van der Waals surface area contributed by atoms with Gasteiger partial charge in [0.25, 0.3) is 0 Å². The highest BCUT2D eigenvalue weighted by Crippen LogP contribution is 2.29. The van der Waals surface area contributed by atoms with E-state index in [-0.39, 0.29) is 10.6 Å². The maximum Gasteiger partial charge on any atom is 0.161 e. The Bertz CT molecular complexity index is 547. The summed E-state index contributed by atoms with van der Waals surface area (Å²) in [5.41, 5.74) is 6.53.